The molecule has 148 valence electrons. The van der Waals surface area contributed by atoms with E-state index in [1.807, 2.05) is 0 Å². The lowest BCUT2D eigenvalue weighted by Crippen LogP contribution is -2.51. The summed E-state index contributed by atoms with van der Waals surface area (Å²) in [5, 5.41) is 0. The van der Waals surface area contributed by atoms with Crippen molar-refractivity contribution in [2.24, 2.45) is 0 Å². The highest BCUT2D eigenvalue weighted by molar-refractivity contribution is 7.89. The second-order valence-corrected chi connectivity index (χ2v) is 8.29. The molecule has 0 radical (unpaired) electrons. The van der Waals surface area contributed by atoms with Crippen LogP contribution >= 0.6 is 0 Å². The lowest BCUT2D eigenvalue weighted by Gasteiger charge is -2.33. The van der Waals surface area contributed by atoms with Crippen molar-refractivity contribution in [1.29, 1.82) is 0 Å². The Morgan fingerprint density at radius 1 is 1.15 bits per heavy atom. The summed E-state index contributed by atoms with van der Waals surface area (Å²) < 4.78 is 49.5. The summed E-state index contributed by atoms with van der Waals surface area (Å²) in [6, 6.07) is 4.61. The van der Waals surface area contributed by atoms with Crippen molar-refractivity contribution in [3.8, 4) is 0 Å². The first kappa shape index (κ1) is 19.7. The van der Waals surface area contributed by atoms with Gasteiger partial charge in [-0.25, -0.2) is 17.6 Å². The van der Waals surface area contributed by atoms with Crippen molar-refractivity contribution in [1.82, 2.24) is 9.21 Å². The molecule has 0 saturated carbocycles. The average molecular weight is 400 g/mol. The molecule has 2 saturated heterocycles. The van der Waals surface area contributed by atoms with Crippen LogP contribution in [0.25, 0.3) is 0 Å². The number of carbonyl (C=O) groups excluding carboxylic acids is 2. The van der Waals surface area contributed by atoms with Crippen molar-refractivity contribution < 1.29 is 31.9 Å². The third-order valence-electron chi connectivity index (χ3n) is 4.57. The van der Waals surface area contributed by atoms with Crippen LogP contribution in [-0.2, 0) is 29.1 Å². The number of benzene rings is 1. The average Bonchev–Trinajstić information content (AvgIpc) is 3.21. The third kappa shape index (κ3) is 4.63. The van der Waals surface area contributed by atoms with Crippen LogP contribution < -0.4 is 0 Å². The summed E-state index contributed by atoms with van der Waals surface area (Å²) in [6.45, 7) is 0.741. The number of hydrogen-bond acceptors (Lipinski definition) is 6. The van der Waals surface area contributed by atoms with Crippen molar-refractivity contribution >= 4 is 21.9 Å². The lowest BCUT2D eigenvalue weighted by molar-refractivity contribution is -0.160. The van der Waals surface area contributed by atoms with E-state index >= 15 is 0 Å². The maximum atomic E-state index is 13.0. The smallest absolute Gasteiger partial charge is 0.335 e. The predicted octanol–water partition coefficient (Wildman–Crippen LogP) is 0.381. The maximum Gasteiger partial charge on any atom is 0.335 e. The minimum atomic E-state index is -3.74. The number of ether oxygens (including phenoxy) is 2. The largest absolute Gasteiger partial charge is 0.454 e. The van der Waals surface area contributed by atoms with Gasteiger partial charge in [-0.2, -0.15) is 4.31 Å². The molecule has 1 aromatic rings. The highest BCUT2D eigenvalue weighted by Crippen LogP contribution is 2.18. The fraction of sp³-hybridized carbons (Fsp3) is 0.529. The first-order valence-corrected chi connectivity index (χ1v) is 10.1. The Morgan fingerprint density at radius 3 is 2.41 bits per heavy atom. The van der Waals surface area contributed by atoms with Crippen LogP contribution in [0.2, 0.25) is 0 Å². The molecule has 10 heteroatoms. The van der Waals surface area contributed by atoms with Gasteiger partial charge in [0, 0.05) is 32.8 Å². The van der Waals surface area contributed by atoms with E-state index in [9.17, 15) is 22.4 Å². The van der Waals surface area contributed by atoms with Crippen LogP contribution in [0.1, 0.15) is 12.8 Å². The molecule has 0 bridgehead atoms. The maximum absolute atomic E-state index is 13.0. The third-order valence-corrected chi connectivity index (χ3v) is 6.49. The second-order valence-electron chi connectivity index (χ2n) is 6.35. The van der Waals surface area contributed by atoms with E-state index in [4.69, 9.17) is 9.47 Å². The van der Waals surface area contributed by atoms with Gasteiger partial charge in [-0.3, -0.25) is 4.79 Å². The molecule has 3 rings (SSSR count). The number of esters is 1. The summed E-state index contributed by atoms with van der Waals surface area (Å²) in [7, 11) is -3.74. The normalized spacial score (nSPS) is 21.2. The van der Waals surface area contributed by atoms with Crippen molar-refractivity contribution in [2.75, 3.05) is 39.4 Å². The van der Waals surface area contributed by atoms with Crippen LogP contribution in [0.5, 0.6) is 0 Å². The molecule has 1 amide bonds. The van der Waals surface area contributed by atoms with E-state index in [1.165, 1.54) is 21.3 Å². The first-order chi connectivity index (χ1) is 12.9. The Labute approximate surface area is 156 Å². The zero-order chi connectivity index (χ0) is 19.4. The van der Waals surface area contributed by atoms with Crippen LogP contribution in [0.15, 0.2) is 29.2 Å². The van der Waals surface area contributed by atoms with Crippen molar-refractivity contribution in [3.63, 3.8) is 0 Å². The van der Waals surface area contributed by atoms with E-state index in [0.29, 0.717) is 13.0 Å². The molecule has 2 aliphatic rings. The van der Waals surface area contributed by atoms with Gasteiger partial charge in [-0.15, -0.1) is 0 Å². The Hall–Kier alpha value is -2.04. The minimum absolute atomic E-state index is 0.00849. The van der Waals surface area contributed by atoms with E-state index < -0.39 is 27.9 Å². The van der Waals surface area contributed by atoms with Crippen LogP contribution in [0.3, 0.4) is 0 Å². The lowest BCUT2D eigenvalue weighted by atomic mass is 10.2. The summed E-state index contributed by atoms with van der Waals surface area (Å²) in [5.74, 6) is -1.43. The van der Waals surface area contributed by atoms with E-state index in [0.717, 1.165) is 18.6 Å². The topological polar surface area (TPSA) is 93.2 Å². The van der Waals surface area contributed by atoms with Gasteiger partial charge in [-0.1, -0.05) is 0 Å². The van der Waals surface area contributed by atoms with Crippen LogP contribution in [0, 0.1) is 5.82 Å². The number of nitrogens with zero attached hydrogens (tertiary/aromatic N) is 2. The van der Waals surface area contributed by atoms with Gasteiger partial charge in [-0.05, 0) is 37.1 Å². The van der Waals surface area contributed by atoms with Crippen LogP contribution in [0.4, 0.5) is 4.39 Å². The zero-order valence-corrected chi connectivity index (χ0v) is 15.5. The monoisotopic (exact) mass is 400 g/mol. The van der Waals surface area contributed by atoms with Gasteiger partial charge in [0.05, 0.1) is 4.90 Å². The molecule has 0 unspecified atom stereocenters. The summed E-state index contributed by atoms with van der Waals surface area (Å²) in [5.41, 5.74) is 0. The highest BCUT2D eigenvalue weighted by atomic mass is 32.2. The number of piperazine rings is 1. The van der Waals surface area contributed by atoms with E-state index in [1.54, 1.807) is 0 Å². The molecule has 0 aromatic heterocycles. The Bertz CT molecular complexity index is 784. The van der Waals surface area contributed by atoms with E-state index in [-0.39, 0.29) is 43.6 Å². The molecular weight excluding hydrogens is 379 g/mol. The fourth-order valence-corrected chi connectivity index (χ4v) is 4.44. The summed E-state index contributed by atoms with van der Waals surface area (Å²) >= 11 is 0. The van der Waals surface area contributed by atoms with Gasteiger partial charge in [0.2, 0.25) is 10.0 Å². The first-order valence-electron chi connectivity index (χ1n) is 8.69. The molecule has 27 heavy (non-hydrogen) atoms. The molecule has 0 N–H and O–H groups in total. The van der Waals surface area contributed by atoms with Crippen molar-refractivity contribution in [3.05, 3.63) is 30.1 Å². The van der Waals surface area contributed by atoms with Gasteiger partial charge in [0.25, 0.3) is 5.91 Å². The number of halogens is 1. The molecule has 0 spiro atoms. The van der Waals surface area contributed by atoms with Gasteiger partial charge < -0.3 is 14.4 Å². The fourth-order valence-electron chi connectivity index (χ4n) is 3.01. The summed E-state index contributed by atoms with van der Waals surface area (Å²) in [4.78, 5) is 25.4. The number of carbonyl (C=O) groups is 2. The van der Waals surface area contributed by atoms with Gasteiger partial charge in [0.1, 0.15) is 5.82 Å². The number of hydrogen-bond donors (Lipinski definition) is 0. The van der Waals surface area contributed by atoms with Gasteiger partial charge >= 0.3 is 5.97 Å². The second kappa shape index (κ2) is 8.32. The predicted molar refractivity (Wildman–Crippen MR) is 91.7 cm³/mol. The summed E-state index contributed by atoms with van der Waals surface area (Å²) in [6.07, 6.45) is 0.779. The Morgan fingerprint density at radius 2 is 1.81 bits per heavy atom. The molecule has 0 aliphatic carbocycles. The minimum Gasteiger partial charge on any atom is -0.454 e. The standard InChI is InChI=1S/C17H21FN2O6S/c18-13-3-5-14(6-4-13)27(23,24)20-9-7-19(8-10-20)16(21)12-26-17(22)15-2-1-11-25-15/h3-6,15H,1-2,7-12H2/t15-/m1/s1. The zero-order valence-electron chi connectivity index (χ0n) is 14.7. The SMILES string of the molecule is O=C(OCC(=O)N1CCN(S(=O)(=O)c2ccc(F)cc2)CC1)[C@H]1CCCO1. The van der Waals surface area contributed by atoms with E-state index in [2.05, 4.69) is 0 Å². The molecule has 2 heterocycles. The molecule has 8 nitrogen and oxygen atoms in total. The van der Waals surface area contributed by atoms with Gasteiger partial charge in [0.15, 0.2) is 12.7 Å². The number of sulfonamides is 1. The van der Waals surface area contributed by atoms with Crippen molar-refractivity contribution in [2.45, 2.75) is 23.8 Å². The molecule has 2 fully saturated rings. The highest BCUT2D eigenvalue weighted by Gasteiger charge is 2.31. The number of amides is 1. The van der Waals surface area contributed by atoms with Crippen LogP contribution in [-0.4, -0.2) is 75.0 Å². The molecule has 1 atom stereocenters. The molecular formula is C17H21FN2O6S. The molecule has 1 aromatic carbocycles. The number of rotatable bonds is 5. The Balaban J connectivity index is 1.49. The quantitative estimate of drug-likeness (QED) is 0.664. The Kier molecular flexibility index (Phi) is 6.08. The molecule has 2 aliphatic heterocycles.